The van der Waals surface area contributed by atoms with Gasteiger partial charge in [0.1, 0.15) is 0 Å². The lowest BCUT2D eigenvalue weighted by Gasteiger charge is -2.31. The van der Waals surface area contributed by atoms with Crippen molar-refractivity contribution in [1.82, 2.24) is 4.90 Å². The Bertz CT molecular complexity index is 1220. The van der Waals surface area contributed by atoms with Gasteiger partial charge in [-0.2, -0.15) is 13.2 Å². The molecule has 0 atom stereocenters. The minimum atomic E-state index is -5.45. The molecule has 2 aliphatic rings. The lowest BCUT2D eigenvalue weighted by Crippen LogP contribution is -2.36. The highest BCUT2D eigenvalue weighted by Gasteiger charge is 2.46. The number of morpholine rings is 1. The molecule has 6 nitrogen and oxygen atoms in total. The van der Waals surface area contributed by atoms with Crippen LogP contribution < -0.4 is 5.32 Å². The Morgan fingerprint density at radius 2 is 1.62 bits per heavy atom. The molecule has 2 aromatic rings. The van der Waals surface area contributed by atoms with Gasteiger partial charge in [0.15, 0.2) is 0 Å². The Morgan fingerprint density at radius 1 is 0.971 bits per heavy atom. The Hall–Kier alpha value is -3.11. The van der Waals surface area contributed by atoms with Crippen molar-refractivity contribution in [3.05, 3.63) is 77.0 Å². The predicted molar refractivity (Wildman–Crippen MR) is 121 cm³/mol. The molecular weight excluding hydrogens is 469 g/mol. The van der Waals surface area contributed by atoms with Crippen LogP contribution in [0, 0.1) is 0 Å². The summed E-state index contributed by atoms with van der Waals surface area (Å²) in [5.41, 5.74) is -1.70. The second kappa shape index (κ2) is 9.63. The van der Waals surface area contributed by atoms with Gasteiger partial charge < -0.3 is 15.0 Å². The number of hydrogen-bond acceptors (Lipinski definition) is 5. The van der Waals surface area contributed by atoms with E-state index in [0.29, 0.717) is 44.7 Å². The van der Waals surface area contributed by atoms with Crippen LogP contribution in [-0.4, -0.2) is 51.0 Å². The number of hydrogen-bond donors (Lipinski definition) is 1. The van der Waals surface area contributed by atoms with E-state index >= 15 is 0 Å². The fraction of sp³-hybridized carbons (Fsp3) is 0.292. The average Bonchev–Trinajstić information content (AvgIpc) is 3.23. The number of ether oxygens (including phenoxy) is 1. The van der Waals surface area contributed by atoms with Crippen LogP contribution in [0.3, 0.4) is 0 Å². The van der Waals surface area contributed by atoms with Gasteiger partial charge in [-0.15, -0.1) is 0 Å². The van der Waals surface area contributed by atoms with Gasteiger partial charge in [0.2, 0.25) is 0 Å². The first-order valence-electron chi connectivity index (χ1n) is 10.7. The number of carbonyl (C=O) groups excluding carboxylic acids is 1. The molecule has 1 heterocycles. The van der Waals surface area contributed by atoms with Crippen LogP contribution in [0.5, 0.6) is 0 Å². The molecule has 0 bridgehead atoms. The van der Waals surface area contributed by atoms with Crippen LogP contribution in [0.15, 0.2) is 76.3 Å². The van der Waals surface area contributed by atoms with Gasteiger partial charge in [-0.05, 0) is 54.3 Å². The molecule has 1 fully saturated rings. The fourth-order valence-electron chi connectivity index (χ4n) is 4.04. The van der Waals surface area contributed by atoms with Crippen LogP contribution in [0.4, 0.5) is 18.9 Å². The number of carbonyl (C=O) groups is 1. The third-order valence-corrected chi connectivity index (χ3v) is 7.21. The summed E-state index contributed by atoms with van der Waals surface area (Å²) in [6.07, 6.45) is 3.24. The zero-order valence-electron chi connectivity index (χ0n) is 18.1. The third-order valence-electron chi connectivity index (χ3n) is 5.70. The Kier molecular flexibility index (Phi) is 6.81. The van der Waals surface area contributed by atoms with E-state index in [1.807, 2.05) is 30.3 Å². The quantitative estimate of drug-likeness (QED) is 0.671. The van der Waals surface area contributed by atoms with E-state index in [1.54, 1.807) is 0 Å². The molecule has 34 heavy (non-hydrogen) atoms. The molecule has 180 valence electrons. The second-order valence-electron chi connectivity index (χ2n) is 7.93. The number of anilines is 1. The molecular formula is C24H23F3N2O4S. The predicted octanol–water partition coefficient (Wildman–Crippen LogP) is 4.38. The van der Waals surface area contributed by atoms with Gasteiger partial charge >= 0.3 is 5.51 Å². The molecule has 0 radical (unpaired) electrons. The zero-order chi connectivity index (χ0) is 24.3. The van der Waals surface area contributed by atoms with Crippen LogP contribution in [0.2, 0.25) is 0 Å². The van der Waals surface area contributed by atoms with Crippen molar-refractivity contribution >= 4 is 27.5 Å². The first-order chi connectivity index (χ1) is 16.2. The Morgan fingerprint density at radius 3 is 2.24 bits per heavy atom. The minimum absolute atomic E-state index is 0.209. The van der Waals surface area contributed by atoms with Crippen molar-refractivity contribution < 1.29 is 31.1 Å². The minimum Gasteiger partial charge on any atom is -0.378 e. The summed E-state index contributed by atoms with van der Waals surface area (Å²) in [6, 6.07) is 13.8. The smallest absolute Gasteiger partial charge is 0.378 e. The largest absolute Gasteiger partial charge is 0.501 e. The van der Waals surface area contributed by atoms with Crippen molar-refractivity contribution in [2.45, 2.75) is 23.2 Å². The van der Waals surface area contributed by atoms with E-state index in [0.717, 1.165) is 41.1 Å². The number of sulfone groups is 1. The van der Waals surface area contributed by atoms with Crippen LogP contribution in [-0.2, 0) is 19.4 Å². The molecule has 4 rings (SSSR count). The molecule has 10 heteroatoms. The van der Waals surface area contributed by atoms with Crippen LogP contribution in [0.1, 0.15) is 18.4 Å². The van der Waals surface area contributed by atoms with E-state index < -0.39 is 20.2 Å². The van der Waals surface area contributed by atoms with E-state index in [9.17, 15) is 26.4 Å². The van der Waals surface area contributed by atoms with Gasteiger partial charge in [0.25, 0.3) is 15.7 Å². The number of benzene rings is 2. The maximum Gasteiger partial charge on any atom is 0.501 e. The number of allylic oxidation sites excluding steroid dienone is 1. The summed E-state index contributed by atoms with van der Waals surface area (Å²) < 4.78 is 66.9. The molecule has 1 amide bonds. The number of rotatable bonds is 5. The summed E-state index contributed by atoms with van der Waals surface area (Å²) in [5, 5.41) is 2.70. The van der Waals surface area contributed by atoms with Crippen molar-refractivity contribution in [2.24, 2.45) is 0 Å². The molecule has 0 saturated carbocycles. The van der Waals surface area contributed by atoms with Gasteiger partial charge in [0, 0.05) is 30.0 Å². The average molecular weight is 493 g/mol. The highest BCUT2D eigenvalue weighted by molar-refractivity contribution is 7.92. The molecule has 1 aliphatic carbocycles. The highest BCUT2D eigenvalue weighted by atomic mass is 32.2. The van der Waals surface area contributed by atoms with Crippen LogP contribution in [0.25, 0.3) is 6.08 Å². The van der Waals surface area contributed by atoms with E-state index in [-0.39, 0.29) is 11.6 Å². The summed E-state index contributed by atoms with van der Waals surface area (Å²) in [7, 11) is -5.45. The number of halogens is 3. The van der Waals surface area contributed by atoms with Gasteiger partial charge in [0.05, 0.1) is 18.1 Å². The van der Waals surface area contributed by atoms with Crippen molar-refractivity contribution in [3.8, 4) is 0 Å². The molecule has 2 aromatic carbocycles. The normalized spacial score (nSPS) is 18.4. The van der Waals surface area contributed by atoms with E-state index in [2.05, 4.69) is 16.3 Å². The van der Waals surface area contributed by atoms with Crippen molar-refractivity contribution in [2.75, 3.05) is 31.6 Å². The number of amides is 1. The van der Waals surface area contributed by atoms with Crippen LogP contribution >= 0.6 is 0 Å². The third kappa shape index (κ3) is 5.02. The highest BCUT2D eigenvalue weighted by Crippen LogP contribution is 2.36. The van der Waals surface area contributed by atoms with Gasteiger partial charge in [-0.1, -0.05) is 30.3 Å². The molecule has 1 aliphatic heterocycles. The standard InChI is InChI=1S/C24H23F3N2O4S/c25-24(26,27)34(31,32)20-9-7-19(8-10-20)28-23(30)21-11-6-18(16-17-4-2-1-3-5-17)22(21)29-12-14-33-15-13-29/h1-5,7-10,16H,6,11-15H2,(H,28,30)/b18-16+. The first kappa shape index (κ1) is 24.0. The maximum absolute atomic E-state index is 13.2. The number of nitrogens with zero attached hydrogens (tertiary/aromatic N) is 1. The molecule has 1 saturated heterocycles. The Labute approximate surface area is 195 Å². The molecule has 0 unspecified atom stereocenters. The SMILES string of the molecule is O=C(Nc1ccc(S(=O)(=O)C(F)(F)F)cc1)C1=C(N2CCOCC2)/C(=C/c2ccccc2)CC1. The monoisotopic (exact) mass is 492 g/mol. The molecule has 0 aromatic heterocycles. The van der Waals surface area contributed by atoms with Crippen molar-refractivity contribution in [1.29, 1.82) is 0 Å². The second-order valence-corrected chi connectivity index (χ2v) is 9.88. The fourth-order valence-corrected chi connectivity index (χ4v) is 4.80. The summed E-state index contributed by atoms with van der Waals surface area (Å²) in [5.74, 6) is -0.371. The molecule has 1 N–H and O–H groups in total. The van der Waals surface area contributed by atoms with Crippen molar-refractivity contribution in [3.63, 3.8) is 0 Å². The summed E-state index contributed by atoms with van der Waals surface area (Å²) in [6.45, 7) is 2.38. The number of nitrogens with one attached hydrogen (secondary N) is 1. The topological polar surface area (TPSA) is 75.7 Å². The first-order valence-corrected chi connectivity index (χ1v) is 12.2. The lowest BCUT2D eigenvalue weighted by molar-refractivity contribution is -0.113. The zero-order valence-corrected chi connectivity index (χ0v) is 19.0. The molecule has 0 spiro atoms. The number of alkyl halides is 3. The summed E-state index contributed by atoms with van der Waals surface area (Å²) >= 11 is 0. The lowest BCUT2D eigenvalue weighted by atomic mass is 10.1. The van der Waals surface area contributed by atoms with Gasteiger partial charge in [-0.25, -0.2) is 8.42 Å². The van der Waals surface area contributed by atoms with Gasteiger partial charge in [-0.3, -0.25) is 4.79 Å². The van der Waals surface area contributed by atoms with E-state index in [4.69, 9.17) is 4.74 Å². The van der Waals surface area contributed by atoms with E-state index in [1.165, 1.54) is 0 Å². The maximum atomic E-state index is 13.2. The Balaban J connectivity index is 1.61. The summed E-state index contributed by atoms with van der Waals surface area (Å²) in [4.78, 5) is 14.4.